The van der Waals surface area contributed by atoms with Gasteiger partial charge in [-0.2, -0.15) is 13.2 Å². The van der Waals surface area contributed by atoms with Crippen molar-refractivity contribution in [3.8, 4) is 0 Å². The number of aryl methyl sites for hydroxylation is 1. The van der Waals surface area contributed by atoms with Crippen molar-refractivity contribution >= 4 is 23.6 Å². The summed E-state index contributed by atoms with van der Waals surface area (Å²) in [6, 6.07) is 6.40. The lowest BCUT2D eigenvalue weighted by atomic mass is 9.88. The number of aromatic nitrogens is 2. The van der Waals surface area contributed by atoms with Crippen LogP contribution in [-0.2, 0) is 11.0 Å². The molecule has 0 aliphatic carbocycles. The van der Waals surface area contributed by atoms with E-state index in [2.05, 4.69) is 20.3 Å². The zero-order chi connectivity index (χ0) is 26.7. The lowest BCUT2D eigenvalue weighted by Gasteiger charge is -2.43. The highest BCUT2D eigenvalue weighted by molar-refractivity contribution is 6.18. The first kappa shape index (κ1) is 27.0. The highest BCUT2D eigenvalue weighted by Crippen LogP contribution is 2.35. The molecule has 0 bridgehead atoms. The summed E-state index contributed by atoms with van der Waals surface area (Å²) >= 11 is 0. The van der Waals surface area contributed by atoms with E-state index in [-0.39, 0.29) is 18.2 Å². The van der Waals surface area contributed by atoms with E-state index in [0.29, 0.717) is 23.5 Å². The van der Waals surface area contributed by atoms with Crippen LogP contribution in [-0.4, -0.2) is 59.1 Å². The highest BCUT2D eigenvalue weighted by Gasteiger charge is 2.46. The number of alkyl halides is 5. The number of hydrogen-bond donors (Lipinski definition) is 2. The third-order valence-electron chi connectivity index (χ3n) is 5.93. The molecule has 2 aromatic rings. The fourth-order valence-corrected chi connectivity index (χ4v) is 4.07. The molecule has 1 saturated heterocycles. The maximum atomic E-state index is 14.5. The van der Waals surface area contributed by atoms with E-state index >= 15 is 0 Å². The molecule has 1 fully saturated rings. The van der Waals surface area contributed by atoms with Crippen molar-refractivity contribution in [2.45, 2.75) is 38.4 Å². The smallest absolute Gasteiger partial charge is 0.394 e. The molecular weight excluding hydrogens is 483 g/mol. The van der Waals surface area contributed by atoms with E-state index in [1.54, 1.807) is 19.1 Å². The summed E-state index contributed by atoms with van der Waals surface area (Å²) in [6.07, 6.45) is -2.43. The number of aliphatic imine (C=N–C) groups is 1. The Hall–Kier alpha value is -3.57. The summed E-state index contributed by atoms with van der Waals surface area (Å²) < 4.78 is 67.3. The lowest BCUT2D eigenvalue weighted by molar-refractivity contribution is -0.148. The zero-order valence-electron chi connectivity index (χ0n) is 20.0. The highest BCUT2D eigenvalue weighted by atomic mass is 19.4. The van der Waals surface area contributed by atoms with Crippen molar-refractivity contribution in [2.24, 2.45) is 16.6 Å². The first-order valence-corrected chi connectivity index (χ1v) is 11.1. The van der Waals surface area contributed by atoms with Crippen molar-refractivity contribution in [2.75, 3.05) is 25.5 Å². The van der Waals surface area contributed by atoms with Crippen LogP contribution < -0.4 is 11.1 Å². The van der Waals surface area contributed by atoms with Crippen LogP contribution in [0.15, 0.2) is 47.3 Å². The Morgan fingerprint density at radius 2 is 1.86 bits per heavy atom. The van der Waals surface area contributed by atoms with Gasteiger partial charge in [-0.3, -0.25) is 9.79 Å². The Balaban J connectivity index is 1.89. The van der Waals surface area contributed by atoms with Crippen molar-refractivity contribution in [1.29, 1.82) is 0 Å². The molecule has 0 saturated carbocycles. The SMILES string of the molecule is CN=CC(=C(N)C(=O)N1CC(F)(F)C[C@@H](C)C1CNc1ncc(C(F)(F)F)cn1)c1ccc(C)cc1. The Bertz CT molecular complexity index is 1130. The molecule has 3 rings (SSSR count). The molecule has 1 unspecified atom stereocenters. The number of piperidine rings is 1. The van der Waals surface area contributed by atoms with Crippen LogP contribution in [0.4, 0.5) is 27.9 Å². The Morgan fingerprint density at radius 1 is 1.25 bits per heavy atom. The molecule has 3 N–H and O–H groups in total. The average Bonchev–Trinajstić information content (AvgIpc) is 2.80. The predicted octanol–water partition coefficient (Wildman–Crippen LogP) is 4.16. The molecule has 1 aliphatic heterocycles. The summed E-state index contributed by atoms with van der Waals surface area (Å²) in [5.41, 5.74) is 6.82. The van der Waals surface area contributed by atoms with Gasteiger partial charge in [-0.05, 0) is 18.4 Å². The summed E-state index contributed by atoms with van der Waals surface area (Å²) in [6.45, 7) is 2.54. The number of hydrogen-bond acceptors (Lipinski definition) is 6. The second kappa shape index (κ2) is 10.6. The lowest BCUT2D eigenvalue weighted by Crippen LogP contribution is -2.58. The predicted molar refractivity (Wildman–Crippen MR) is 126 cm³/mol. The van der Waals surface area contributed by atoms with Crippen LogP contribution in [0.1, 0.15) is 30.0 Å². The Labute approximate surface area is 205 Å². The van der Waals surface area contributed by atoms with Gasteiger partial charge in [0.1, 0.15) is 5.70 Å². The topological polar surface area (TPSA) is 96.5 Å². The van der Waals surface area contributed by atoms with Crippen LogP contribution in [0.3, 0.4) is 0 Å². The van der Waals surface area contributed by atoms with Crippen molar-refractivity contribution in [3.63, 3.8) is 0 Å². The van der Waals surface area contributed by atoms with Crippen molar-refractivity contribution < 1.29 is 26.7 Å². The van der Waals surface area contributed by atoms with E-state index in [4.69, 9.17) is 5.73 Å². The van der Waals surface area contributed by atoms with E-state index in [9.17, 15) is 26.7 Å². The van der Waals surface area contributed by atoms with Gasteiger partial charge < -0.3 is 16.0 Å². The molecule has 1 aliphatic rings. The van der Waals surface area contributed by atoms with Crippen molar-refractivity contribution in [3.05, 3.63) is 59.0 Å². The van der Waals surface area contributed by atoms with Gasteiger partial charge in [0, 0.05) is 44.2 Å². The van der Waals surface area contributed by atoms with Crippen LogP contribution >= 0.6 is 0 Å². The number of carbonyl (C=O) groups excluding carboxylic acids is 1. The van der Waals surface area contributed by atoms with Crippen molar-refractivity contribution in [1.82, 2.24) is 14.9 Å². The van der Waals surface area contributed by atoms with E-state index < -0.39 is 48.5 Å². The summed E-state index contributed by atoms with van der Waals surface area (Å²) in [5, 5.41) is 2.76. The second-order valence-electron chi connectivity index (χ2n) is 8.79. The largest absolute Gasteiger partial charge is 0.419 e. The number of amides is 1. The molecule has 1 aromatic carbocycles. The third kappa shape index (κ3) is 6.35. The number of anilines is 1. The van der Waals surface area contributed by atoms with E-state index in [1.165, 1.54) is 13.3 Å². The number of carbonyl (C=O) groups is 1. The minimum atomic E-state index is -4.59. The molecule has 0 spiro atoms. The number of allylic oxidation sites excluding steroid dienone is 1. The van der Waals surface area contributed by atoms with Gasteiger partial charge in [0.15, 0.2) is 0 Å². The fraction of sp³-hybridized carbons (Fsp3) is 0.417. The van der Waals surface area contributed by atoms with E-state index in [1.807, 2.05) is 19.1 Å². The summed E-state index contributed by atoms with van der Waals surface area (Å²) in [4.78, 5) is 25.7. The van der Waals surface area contributed by atoms with Gasteiger partial charge in [-0.1, -0.05) is 36.8 Å². The second-order valence-corrected chi connectivity index (χ2v) is 8.79. The monoisotopic (exact) mass is 510 g/mol. The van der Waals surface area contributed by atoms with E-state index in [0.717, 1.165) is 10.5 Å². The first-order valence-electron chi connectivity index (χ1n) is 11.1. The number of benzene rings is 1. The van der Waals surface area contributed by atoms with Crippen LogP contribution in [0.5, 0.6) is 0 Å². The minimum Gasteiger partial charge on any atom is -0.394 e. The normalized spacial score (nSPS) is 20.8. The molecule has 12 heteroatoms. The molecule has 194 valence electrons. The van der Waals surface area contributed by atoms with Crippen LogP contribution in [0.2, 0.25) is 0 Å². The van der Waals surface area contributed by atoms with Crippen LogP contribution in [0.25, 0.3) is 5.57 Å². The van der Waals surface area contributed by atoms with Gasteiger partial charge in [-0.15, -0.1) is 0 Å². The maximum absolute atomic E-state index is 14.5. The third-order valence-corrected chi connectivity index (χ3v) is 5.93. The average molecular weight is 511 g/mol. The zero-order valence-corrected chi connectivity index (χ0v) is 20.0. The number of rotatable bonds is 6. The number of likely N-dealkylation sites (tertiary alicyclic amines) is 1. The maximum Gasteiger partial charge on any atom is 0.419 e. The van der Waals surface area contributed by atoms with Gasteiger partial charge in [0.2, 0.25) is 5.95 Å². The Kier molecular flexibility index (Phi) is 7.95. The number of halogens is 5. The quantitative estimate of drug-likeness (QED) is 0.346. The number of nitrogens with two attached hydrogens (primary N) is 1. The molecule has 1 amide bonds. The fourth-order valence-electron chi connectivity index (χ4n) is 4.07. The molecule has 2 heterocycles. The van der Waals surface area contributed by atoms with Gasteiger partial charge >= 0.3 is 6.18 Å². The Morgan fingerprint density at radius 3 is 2.42 bits per heavy atom. The molecule has 2 atom stereocenters. The molecule has 36 heavy (non-hydrogen) atoms. The minimum absolute atomic E-state index is 0.0661. The first-order chi connectivity index (χ1) is 16.8. The summed E-state index contributed by atoms with van der Waals surface area (Å²) in [5.74, 6) is -4.71. The van der Waals surface area contributed by atoms with Gasteiger partial charge in [0.05, 0.1) is 18.2 Å². The number of nitrogens with zero attached hydrogens (tertiary/aromatic N) is 4. The molecule has 7 nitrogen and oxygen atoms in total. The molecule has 0 radical (unpaired) electrons. The summed E-state index contributed by atoms with van der Waals surface area (Å²) in [7, 11) is 1.50. The standard InChI is InChI=1S/C24H27F5N6O/c1-14-4-6-16(7-5-14)18(11-31-3)20(30)21(36)35-13-23(25,26)8-15(2)19(35)12-34-22-32-9-17(10-33-22)24(27,28)29/h4-7,9-11,15,19H,8,12-13,30H2,1-3H3,(H,32,33,34)/t15-,19?/m1/s1. The molecule has 1 aromatic heterocycles. The molecular formula is C24H27F5N6O. The number of nitrogens with one attached hydrogen (secondary N) is 1. The van der Waals surface area contributed by atoms with Gasteiger partial charge in [0.25, 0.3) is 11.8 Å². The van der Waals surface area contributed by atoms with Crippen LogP contribution in [0, 0.1) is 12.8 Å². The van der Waals surface area contributed by atoms with Gasteiger partial charge in [-0.25, -0.2) is 18.7 Å².